The van der Waals surface area contributed by atoms with Crippen molar-refractivity contribution in [2.75, 3.05) is 23.7 Å². The van der Waals surface area contributed by atoms with Gasteiger partial charge in [0.1, 0.15) is 0 Å². The third kappa shape index (κ3) is 1.84. The molecule has 0 saturated carbocycles. The van der Waals surface area contributed by atoms with Crippen LogP contribution in [-0.2, 0) is 11.2 Å². The first-order valence-electron chi connectivity index (χ1n) is 6.16. The topological polar surface area (TPSA) is 58.4 Å². The molecule has 1 unspecified atom stereocenters. The predicted molar refractivity (Wildman–Crippen MR) is 67.9 cm³/mol. The van der Waals surface area contributed by atoms with E-state index in [9.17, 15) is 4.79 Å². The molecule has 3 N–H and O–H groups in total. The van der Waals surface area contributed by atoms with Gasteiger partial charge in [0.05, 0.1) is 11.4 Å². The molecule has 3 rings (SSSR count). The minimum absolute atomic E-state index is 0.176. The molecule has 1 saturated heterocycles. The summed E-state index contributed by atoms with van der Waals surface area (Å²) in [5.74, 6) is 0.176. The van der Waals surface area contributed by atoms with Crippen LogP contribution in [0.25, 0.3) is 0 Å². The summed E-state index contributed by atoms with van der Waals surface area (Å²) >= 11 is 0. The second-order valence-corrected chi connectivity index (χ2v) is 4.85. The highest BCUT2D eigenvalue weighted by atomic mass is 16.1. The highest BCUT2D eigenvalue weighted by Gasteiger charge is 2.27. The third-order valence-corrected chi connectivity index (χ3v) is 3.64. The number of nitrogens with two attached hydrogens (primary N) is 1. The molecule has 1 amide bonds. The largest absolute Gasteiger partial charge is 0.397 e. The zero-order valence-electron chi connectivity index (χ0n) is 9.78. The Kier molecular flexibility index (Phi) is 2.42. The number of hydrogen-bond acceptors (Lipinski definition) is 3. The van der Waals surface area contributed by atoms with Crippen molar-refractivity contribution in [3.05, 3.63) is 23.8 Å². The molecule has 2 heterocycles. The molecule has 0 aliphatic carbocycles. The van der Waals surface area contributed by atoms with Gasteiger partial charge in [-0.2, -0.15) is 0 Å². The van der Waals surface area contributed by atoms with Gasteiger partial charge in [0.2, 0.25) is 5.91 Å². The molecule has 1 aromatic carbocycles. The number of fused-ring (bicyclic) bond motifs is 1. The number of benzene rings is 1. The average molecular weight is 231 g/mol. The van der Waals surface area contributed by atoms with E-state index in [-0.39, 0.29) is 11.9 Å². The average Bonchev–Trinajstić information content (AvgIpc) is 2.88. The molecule has 0 spiro atoms. The van der Waals surface area contributed by atoms with E-state index in [1.165, 1.54) is 11.3 Å². The smallest absolute Gasteiger partial charge is 0.220 e. The summed E-state index contributed by atoms with van der Waals surface area (Å²) in [4.78, 5) is 13.5. The Bertz CT molecular complexity index is 458. The van der Waals surface area contributed by atoms with Crippen molar-refractivity contribution < 1.29 is 4.79 Å². The lowest BCUT2D eigenvalue weighted by atomic mass is 10.1. The SMILES string of the molecule is Nc1cccc2c1N(CC1CCC(=O)N1)CC2. The van der Waals surface area contributed by atoms with Crippen LogP contribution in [0.15, 0.2) is 18.2 Å². The molecule has 1 aromatic rings. The van der Waals surface area contributed by atoms with E-state index in [1.807, 2.05) is 12.1 Å². The molecular weight excluding hydrogens is 214 g/mol. The lowest BCUT2D eigenvalue weighted by Gasteiger charge is -2.24. The fraction of sp³-hybridized carbons (Fsp3) is 0.462. The highest BCUT2D eigenvalue weighted by Crippen LogP contribution is 2.33. The van der Waals surface area contributed by atoms with Gasteiger partial charge >= 0.3 is 0 Å². The van der Waals surface area contributed by atoms with Crippen LogP contribution < -0.4 is 16.0 Å². The number of nitrogens with zero attached hydrogens (tertiary/aromatic N) is 1. The van der Waals surface area contributed by atoms with E-state index in [0.717, 1.165) is 31.6 Å². The molecule has 0 radical (unpaired) electrons. The fourth-order valence-electron chi connectivity index (χ4n) is 2.83. The summed E-state index contributed by atoms with van der Waals surface area (Å²) in [6.07, 6.45) is 2.66. The van der Waals surface area contributed by atoms with Crippen LogP contribution in [0.2, 0.25) is 0 Å². The molecular formula is C13H17N3O. The van der Waals surface area contributed by atoms with E-state index in [1.54, 1.807) is 0 Å². The van der Waals surface area contributed by atoms with Gasteiger partial charge < -0.3 is 16.0 Å². The van der Waals surface area contributed by atoms with Crippen molar-refractivity contribution in [2.24, 2.45) is 0 Å². The van der Waals surface area contributed by atoms with E-state index < -0.39 is 0 Å². The second-order valence-electron chi connectivity index (χ2n) is 4.85. The van der Waals surface area contributed by atoms with Gasteiger partial charge in [-0.25, -0.2) is 0 Å². The molecule has 90 valence electrons. The van der Waals surface area contributed by atoms with Gasteiger partial charge in [-0.15, -0.1) is 0 Å². The van der Waals surface area contributed by atoms with Crippen molar-refractivity contribution in [2.45, 2.75) is 25.3 Å². The Morgan fingerprint density at radius 3 is 3.06 bits per heavy atom. The van der Waals surface area contributed by atoms with Crippen LogP contribution in [-0.4, -0.2) is 25.0 Å². The number of carbonyl (C=O) groups is 1. The normalized spacial score (nSPS) is 22.7. The van der Waals surface area contributed by atoms with E-state index >= 15 is 0 Å². The lowest BCUT2D eigenvalue weighted by Crippen LogP contribution is -2.38. The summed E-state index contributed by atoms with van der Waals surface area (Å²) in [6.45, 7) is 1.89. The van der Waals surface area contributed by atoms with Gasteiger partial charge in [-0.3, -0.25) is 4.79 Å². The first-order valence-corrected chi connectivity index (χ1v) is 6.16. The third-order valence-electron chi connectivity index (χ3n) is 3.64. The summed E-state index contributed by atoms with van der Waals surface area (Å²) in [5.41, 5.74) is 9.39. The van der Waals surface area contributed by atoms with Crippen LogP contribution in [0.1, 0.15) is 18.4 Å². The van der Waals surface area contributed by atoms with Gasteiger partial charge in [0.15, 0.2) is 0 Å². The maximum absolute atomic E-state index is 11.2. The Hall–Kier alpha value is -1.71. The monoisotopic (exact) mass is 231 g/mol. The molecule has 0 bridgehead atoms. The van der Waals surface area contributed by atoms with Crippen LogP contribution in [0.3, 0.4) is 0 Å². The van der Waals surface area contributed by atoms with Crippen molar-refractivity contribution in [1.29, 1.82) is 0 Å². The van der Waals surface area contributed by atoms with Gasteiger partial charge in [-0.05, 0) is 24.5 Å². The molecule has 2 aliphatic rings. The Balaban J connectivity index is 1.77. The van der Waals surface area contributed by atoms with Crippen molar-refractivity contribution >= 4 is 17.3 Å². The number of amides is 1. The Morgan fingerprint density at radius 2 is 2.29 bits per heavy atom. The molecule has 1 fully saturated rings. The number of hydrogen-bond donors (Lipinski definition) is 2. The number of rotatable bonds is 2. The lowest BCUT2D eigenvalue weighted by molar-refractivity contribution is -0.119. The number of anilines is 2. The summed E-state index contributed by atoms with van der Waals surface area (Å²) in [7, 11) is 0. The number of carbonyl (C=O) groups excluding carboxylic acids is 1. The van der Waals surface area contributed by atoms with Crippen LogP contribution in [0.4, 0.5) is 11.4 Å². The molecule has 4 heteroatoms. The number of para-hydroxylation sites is 1. The van der Waals surface area contributed by atoms with Gasteiger partial charge in [0.25, 0.3) is 0 Å². The summed E-state index contributed by atoms with van der Waals surface area (Å²) in [6, 6.07) is 6.38. The molecule has 4 nitrogen and oxygen atoms in total. The quantitative estimate of drug-likeness (QED) is 0.744. The molecule has 0 aromatic heterocycles. The zero-order chi connectivity index (χ0) is 11.8. The molecule has 1 atom stereocenters. The van der Waals surface area contributed by atoms with E-state index in [2.05, 4.69) is 16.3 Å². The summed E-state index contributed by atoms with van der Waals surface area (Å²) in [5, 5.41) is 3.01. The van der Waals surface area contributed by atoms with Crippen molar-refractivity contribution in [1.82, 2.24) is 5.32 Å². The van der Waals surface area contributed by atoms with Gasteiger partial charge in [0, 0.05) is 25.6 Å². The highest BCUT2D eigenvalue weighted by molar-refractivity contribution is 5.79. The summed E-state index contributed by atoms with van der Waals surface area (Å²) < 4.78 is 0. The minimum atomic E-state index is 0.176. The van der Waals surface area contributed by atoms with Crippen molar-refractivity contribution in [3.63, 3.8) is 0 Å². The van der Waals surface area contributed by atoms with Crippen LogP contribution in [0.5, 0.6) is 0 Å². The zero-order valence-corrected chi connectivity index (χ0v) is 9.78. The Morgan fingerprint density at radius 1 is 1.41 bits per heavy atom. The number of nitrogen functional groups attached to an aromatic ring is 1. The van der Waals surface area contributed by atoms with Crippen molar-refractivity contribution in [3.8, 4) is 0 Å². The first kappa shape index (κ1) is 10.4. The van der Waals surface area contributed by atoms with Gasteiger partial charge in [-0.1, -0.05) is 12.1 Å². The molecule has 17 heavy (non-hydrogen) atoms. The first-order chi connectivity index (χ1) is 8.24. The maximum Gasteiger partial charge on any atom is 0.220 e. The van der Waals surface area contributed by atoms with Crippen LogP contribution in [0, 0.1) is 0 Å². The van der Waals surface area contributed by atoms with E-state index in [4.69, 9.17) is 5.73 Å². The number of nitrogens with one attached hydrogen (secondary N) is 1. The predicted octanol–water partition coefficient (Wildman–Crippen LogP) is 0.910. The van der Waals surface area contributed by atoms with Crippen LogP contribution >= 0.6 is 0 Å². The fourth-order valence-corrected chi connectivity index (χ4v) is 2.83. The molecule has 2 aliphatic heterocycles. The standard InChI is InChI=1S/C13H17N3O/c14-11-3-1-2-9-6-7-16(13(9)11)8-10-4-5-12(17)15-10/h1-3,10H,4-8,14H2,(H,15,17). The minimum Gasteiger partial charge on any atom is -0.397 e. The second kappa shape index (κ2) is 3.95. The Labute approximate surface area is 101 Å². The van der Waals surface area contributed by atoms with E-state index in [0.29, 0.717) is 6.42 Å². The maximum atomic E-state index is 11.2.